The molecule has 0 heterocycles. The summed E-state index contributed by atoms with van der Waals surface area (Å²) in [7, 11) is 2.92. The lowest BCUT2D eigenvalue weighted by atomic mass is 9.94. The van der Waals surface area contributed by atoms with Gasteiger partial charge in [0.25, 0.3) is 0 Å². The minimum atomic E-state index is -0.732. The molecule has 4 aromatic rings. The van der Waals surface area contributed by atoms with Crippen LogP contribution in [0.3, 0.4) is 0 Å². The van der Waals surface area contributed by atoms with E-state index in [1.54, 1.807) is 42.3 Å². The number of nitrogens with zero attached hydrogens (tertiary/aromatic N) is 1. The van der Waals surface area contributed by atoms with Gasteiger partial charge in [-0.1, -0.05) is 87.5 Å². The topological polar surface area (TPSA) is 94.2 Å². The fraction of sp³-hybridized carbons (Fsp3) is 0.270. The predicted octanol–water partition coefficient (Wildman–Crippen LogP) is 6.58. The Morgan fingerprint density at radius 1 is 0.800 bits per heavy atom. The van der Waals surface area contributed by atoms with Crippen molar-refractivity contribution in [2.45, 2.75) is 33.2 Å². The monoisotopic (exact) mass is 608 g/mol. The third kappa shape index (κ3) is 8.50. The summed E-state index contributed by atoms with van der Waals surface area (Å²) in [5.41, 5.74) is 2.54. The molecular weight excluding hydrogens is 568 g/mol. The molecule has 8 nitrogen and oxygen atoms in total. The average Bonchev–Trinajstić information content (AvgIpc) is 3.06. The van der Waals surface area contributed by atoms with E-state index in [9.17, 15) is 14.4 Å². The van der Waals surface area contributed by atoms with Crippen LogP contribution in [0.4, 0.5) is 11.4 Å². The summed E-state index contributed by atoms with van der Waals surface area (Å²) in [5.74, 6) is 0.609. The Morgan fingerprint density at radius 2 is 1.44 bits per heavy atom. The first-order valence-electron chi connectivity index (χ1n) is 14.8. The van der Waals surface area contributed by atoms with Crippen LogP contribution in [0.15, 0.2) is 103 Å². The number of carbonyl (C=O) groups excluding carboxylic acids is 3. The van der Waals surface area contributed by atoms with E-state index >= 15 is 0 Å². The third-order valence-corrected chi connectivity index (χ3v) is 7.23. The third-order valence-electron chi connectivity index (χ3n) is 7.23. The van der Waals surface area contributed by atoms with E-state index in [1.807, 2.05) is 93.6 Å². The summed E-state index contributed by atoms with van der Waals surface area (Å²) < 4.78 is 16.6. The van der Waals surface area contributed by atoms with Crippen LogP contribution in [0.1, 0.15) is 42.3 Å². The second-order valence-electron chi connectivity index (χ2n) is 11.5. The number of para-hydroxylation sites is 3. The first kappa shape index (κ1) is 32.8. The summed E-state index contributed by atoms with van der Waals surface area (Å²) in [6, 6.07) is 30.3. The highest BCUT2D eigenvalue weighted by Gasteiger charge is 2.30. The number of benzene rings is 4. The van der Waals surface area contributed by atoms with Crippen molar-refractivity contribution in [2.75, 3.05) is 37.6 Å². The van der Waals surface area contributed by atoms with Gasteiger partial charge in [0.2, 0.25) is 5.91 Å². The zero-order valence-electron chi connectivity index (χ0n) is 26.4. The van der Waals surface area contributed by atoms with Gasteiger partial charge in [-0.3, -0.25) is 9.59 Å². The molecule has 0 aliphatic carbocycles. The number of ketones is 1. The molecule has 4 aromatic carbocycles. The Hall–Kier alpha value is -5.11. The lowest BCUT2D eigenvalue weighted by molar-refractivity contribution is -0.141. The van der Waals surface area contributed by atoms with Crippen molar-refractivity contribution in [3.8, 4) is 11.5 Å². The molecule has 1 unspecified atom stereocenters. The first-order chi connectivity index (χ1) is 21.6. The van der Waals surface area contributed by atoms with Gasteiger partial charge < -0.3 is 24.4 Å². The van der Waals surface area contributed by atoms with E-state index in [1.165, 1.54) is 7.11 Å². The number of ether oxygens (including phenoxy) is 3. The highest BCUT2D eigenvalue weighted by Crippen LogP contribution is 2.31. The standard InChI is InChI=1S/C37H40N2O6/c1-37(2,3)36(42)39(32-17-11-12-18-33(32)43-4)23-24-45-28-21-19-26(20-22-28)25-31(35(41)44-5)38-30-16-10-9-15-29(30)34(40)27-13-7-6-8-14-27/h6-22,31,38H,23-25H2,1-5H3. The fourth-order valence-corrected chi connectivity index (χ4v) is 4.88. The normalized spacial score (nSPS) is 11.7. The van der Waals surface area contributed by atoms with Gasteiger partial charge in [0.1, 0.15) is 24.1 Å². The van der Waals surface area contributed by atoms with Crippen molar-refractivity contribution in [1.82, 2.24) is 0 Å². The Balaban J connectivity index is 1.44. The molecule has 0 aliphatic heterocycles. The SMILES string of the molecule is COC(=O)C(Cc1ccc(OCCN(C(=O)C(C)(C)C)c2ccccc2OC)cc1)Nc1ccccc1C(=O)c1ccccc1. The highest BCUT2D eigenvalue weighted by molar-refractivity contribution is 6.12. The minimum absolute atomic E-state index is 0.0423. The Kier molecular flexibility index (Phi) is 11.0. The number of esters is 1. The number of rotatable bonds is 13. The lowest BCUT2D eigenvalue weighted by Gasteiger charge is -2.30. The number of anilines is 2. The van der Waals surface area contributed by atoms with Gasteiger partial charge in [-0.25, -0.2) is 4.79 Å². The molecule has 234 valence electrons. The number of hydrogen-bond acceptors (Lipinski definition) is 7. The summed E-state index contributed by atoms with van der Waals surface area (Å²) in [4.78, 5) is 41.0. The molecule has 0 aliphatic rings. The second kappa shape index (κ2) is 15.1. The molecule has 1 amide bonds. The minimum Gasteiger partial charge on any atom is -0.495 e. The van der Waals surface area contributed by atoms with Crippen molar-refractivity contribution in [3.63, 3.8) is 0 Å². The van der Waals surface area contributed by atoms with Gasteiger partial charge >= 0.3 is 5.97 Å². The van der Waals surface area contributed by atoms with Crippen molar-refractivity contribution >= 4 is 29.0 Å². The van der Waals surface area contributed by atoms with Crippen molar-refractivity contribution in [2.24, 2.45) is 5.41 Å². The van der Waals surface area contributed by atoms with Crippen LogP contribution in [-0.2, 0) is 20.7 Å². The maximum atomic E-state index is 13.3. The highest BCUT2D eigenvalue weighted by atomic mass is 16.5. The van der Waals surface area contributed by atoms with E-state index < -0.39 is 17.4 Å². The Morgan fingerprint density at radius 3 is 2.11 bits per heavy atom. The van der Waals surface area contributed by atoms with Gasteiger partial charge in [0, 0.05) is 28.7 Å². The molecule has 0 bridgehead atoms. The van der Waals surface area contributed by atoms with Crippen molar-refractivity contribution in [1.29, 1.82) is 0 Å². The molecule has 0 aromatic heterocycles. The molecule has 1 atom stereocenters. The van der Waals surface area contributed by atoms with Crippen LogP contribution in [0, 0.1) is 5.41 Å². The molecule has 0 spiro atoms. The fourth-order valence-electron chi connectivity index (χ4n) is 4.88. The second-order valence-corrected chi connectivity index (χ2v) is 11.5. The number of nitrogens with one attached hydrogen (secondary N) is 1. The molecule has 4 rings (SSSR count). The average molecular weight is 609 g/mol. The van der Waals surface area contributed by atoms with Crippen LogP contribution in [0.25, 0.3) is 0 Å². The molecule has 8 heteroatoms. The van der Waals surface area contributed by atoms with Crippen LogP contribution in [0.5, 0.6) is 11.5 Å². The quantitative estimate of drug-likeness (QED) is 0.135. The van der Waals surface area contributed by atoms with Gasteiger partial charge in [0.15, 0.2) is 5.78 Å². The van der Waals surface area contributed by atoms with Gasteiger partial charge in [-0.05, 0) is 42.0 Å². The van der Waals surface area contributed by atoms with Gasteiger partial charge in [-0.2, -0.15) is 0 Å². The Bertz CT molecular complexity index is 1600. The summed E-state index contributed by atoms with van der Waals surface area (Å²) in [6.45, 7) is 6.24. The predicted molar refractivity (Wildman–Crippen MR) is 176 cm³/mol. The molecule has 1 N–H and O–H groups in total. The van der Waals surface area contributed by atoms with Crippen molar-refractivity contribution in [3.05, 3.63) is 120 Å². The molecule has 0 saturated carbocycles. The Labute approximate surface area is 264 Å². The molecule has 45 heavy (non-hydrogen) atoms. The largest absolute Gasteiger partial charge is 0.495 e. The zero-order valence-corrected chi connectivity index (χ0v) is 26.4. The van der Waals surface area contributed by atoms with E-state index in [0.29, 0.717) is 47.0 Å². The van der Waals surface area contributed by atoms with Gasteiger partial charge in [-0.15, -0.1) is 0 Å². The van der Waals surface area contributed by atoms with Crippen LogP contribution in [0.2, 0.25) is 0 Å². The van der Waals surface area contributed by atoms with Crippen LogP contribution in [-0.4, -0.2) is 51.1 Å². The maximum Gasteiger partial charge on any atom is 0.328 e. The van der Waals surface area contributed by atoms with E-state index in [-0.39, 0.29) is 18.3 Å². The van der Waals surface area contributed by atoms with Crippen LogP contribution >= 0.6 is 0 Å². The van der Waals surface area contributed by atoms with E-state index in [2.05, 4.69) is 5.32 Å². The lowest BCUT2D eigenvalue weighted by Crippen LogP contribution is -2.42. The van der Waals surface area contributed by atoms with Crippen LogP contribution < -0.4 is 19.7 Å². The first-order valence-corrected chi connectivity index (χ1v) is 14.8. The molecule has 0 fully saturated rings. The smallest absolute Gasteiger partial charge is 0.328 e. The number of hydrogen-bond donors (Lipinski definition) is 1. The van der Waals surface area contributed by atoms with Crippen molar-refractivity contribution < 1.29 is 28.6 Å². The van der Waals surface area contributed by atoms with E-state index in [4.69, 9.17) is 14.2 Å². The zero-order chi connectivity index (χ0) is 32.4. The summed E-state index contributed by atoms with van der Waals surface area (Å²) in [6.07, 6.45) is 0.322. The summed E-state index contributed by atoms with van der Waals surface area (Å²) >= 11 is 0. The summed E-state index contributed by atoms with van der Waals surface area (Å²) in [5, 5.41) is 3.23. The molecule has 0 radical (unpaired) electrons. The molecule has 0 saturated heterocycles. The van der Waals surface area contributed by atoms with Gasteiger partial charge in [0.05, 0.1) is 26.5 Å². The molecular formula is C37H40N2O6. The number of methoxy groups -OCH3 is 2. The van der Waals surface area contributed by atoms with E-state index in [0.717, 1.165) is 5.56 Å². The number of amides is 1. The maximum absolute atomic E-state index is 13.3. The number of carbonyl (C=O) groups is 3.